The third-order valence-corrected chi connectivity index (χ3v) is 3.36. The number of hydrogen-bond donors (Lipinski definition) is 2. The Hall–Kier alpha value is -1.90. The predicted octanol–water partition coefficient (Wildman–Crippen LogP) is 3.02. The van der Waals surface area contributed by atoms with E-state index in [1.807, 2.05) is 24.3 Å². The Morgan fingerprint density at radius 3 is 2.30 bits per heavy atom. The number of nitrogens with one attached hydrogen (secondary N) is 1. The van der Waals surface area contributed by atoms with E-state index in [4.69, 9.17) is 0 Å². The van der Waals surface area contributed by atoms with E-state index in [-0.39, 0.29) is 12.6 Å². The lowest BCUT2D eigenvalue weighted by Gasteiger charge is -2.16. The Balaban J connectivity index is 1.88. The molecule has 104 valence electrons. The zero-order valence-electron chi connectivity index (χ0n) is 11.6. The number of aliphatic hydroxyl groups is 1. The zero-order valence-corrected chi connectivity index (χ0v) is 11.6. The van der Waals surface area contributed by atoms with Crippen molar-refractivity contribution in [2.45, 2.75) is 19.0 Å². The van der Waals surface area contributed by atoms with E-state index in [0.29, 0.717) is 0 Å². The molecule has 2 nitrogen and oxygen atoms in total. The first-order valence-corrected chi connectivity index (χ1v) is 6.91. The van der Waals surface area contributed by atoms with Gasteiger partial charge in [-0.2, -0.15) is 0 Å². The number of aliphatic hydroxyl groups excluding tert-OH is 1. The second-order valence-electron chi connectivity index (χ2n) is 4.90. The first kappa shape index (κ1) is 14.5. The molecule has 0 saturated carbocycles. The van der Waals surface area contributed by atoms with Crippen LogP contribution in [0.15, 0.2) is 61.2 Å². The lowest BCUT2D eigenvalue weighted by Crippen LogP contribution is -2.34. The van der Waals surface area contributed by atoms with Gasteiger partial charge in [0.15, 0.2) is 0 Å². The predicted molar refractivity (Wildman–Crippen MR) is 84.4 cm³/mol. The number of benzene rings is 2. The highest BCUT2D eigenvalue weighted by atomic mass is 16.3. The third-order valence-electron chi connectivity index (χ3n) is 3.36. The standard InChI is InChI=1S/C18H21NO/c1-2-15-8-10-17(11-9-15)13-19-18(14-20)12-16-6-4-3-5-7-16/h2-11,18-20H,1,12-14H2/t18-/m1/s1. The van der Waals surface area contributed by atoms with Crippen molar-refractivity contribution < 1.29 is 5.11 Å². The van der Waals surface area contributed by atoms with E-state index >= 15 is 0 Å². The zero-order chi connectivity index (χ0) is 14.2. The molecule has 0 aliphatic heterocycles. The van der Waals surface area contributed by atoms with Crippen molar-refractivity contribution in [2.24, 2.45) is 0 Å². The average molecular weight is 267 g/mol. The van der Waals surface area contributed by atoms with Crippen molar-refractivity contribution in [3.63, 3.8) is 0 Å². The van der Waals surface area contributed by atoms with Crippen LogP contribution in [0.3, 0.4) is 0 Å². The van der Waals surface area contributed by atoms with Gasteiger partial charge < -0.3 is 10.4 Å². The molecule has 0 amide bonds. The molecule has 0 saturated heterocycles. The van der Waals surface area contributed by atoms with Crippen LogP contribution < -0.4 is 5.32 Å². The second-order valence-corrected chi connectivity index (χ2v) is 4.90. The molecular weight excluding hydrogens is 246 g/mol. The van der Waals surface area contributed by atoms with Crippen LogP contribution in [-0.2, 0) is 13.0 Å². The Labute approximate surface area is 120 Å². The first-order valence-electron chi connectivity index (χ1n) is 6.91. The molecule has 0 fully saturated rings. The van der Waals surface area contributed by atoms with Gasteiger partial charge in [-0.1, -0.05) is 67.3 Å². The number of hydrogen-bond acceptors (Lipinski definition) is 2. The molecule has 2 heteroatoms. The number of rotatable bonds is 7. The molecule has 2 rings (SSSR count). The molecule has 0 aliphatic carbocycles. The molecule has 0 bridgehead atoms. The summed E-state index contributed by atoms with van der Waals surface area (Å²) in [6.45, 7) is 4.64. The molecule has 1 atom stereocenters. The van der Waals surface area contributed by atoms with Crippen LogP contribution in [0.1, 0.15) is 16.7 Å². The van der Waals surface area contributed by atoms with Crippen LogP contribution in [-0.4, -0.2) is 17.8 Å². The Bertz CT molecular complexity index is 519. The fourth-order valence-corrected chi connectivity index (χ4v) is 2.13. The summed E-state index contributed by atoms with van der Waals surface area (Å²) < 4.78 is 0. The van der Waals surface area contributed by atoms with Crippen LogP contribution in [0.4, 0.5) is 0 Å². The van der Waals surface area contributed by atoms with Crippen LogP contribution in [0.5, 0.6) is 0 Å². The Morgan fingerprint density at radius 1 is 1.00 bits per heavy atom. The highest BCUT2D eigenvalue weighted by Gasteiger charge is 2.07. The first-order chi connectivity index (χ1) is 9.81. The maximum absolute atomic E-state index is 9.47. The van der Waals surface area contributed by atoms with E-state index in [2.05, 4.69) is 48.3 Å². The normalized spacial score (nSPS) is 12.1. The van der Waals surface area contributed by atoms with E-state index in [9.17, 15) is 5.11 Å². The Morgan fingerprint density at radius 2 is 1.70 bits per heavy atom. The average Bonchev–Trinajstić information content (AvgIpc) is 2.53. The topological polar surface area (TPSA) is 32.3 Å². The van der Waals surface area contributed by atoms with E-state index in [1.165, 1.54) is 11.1 Å². The molecule has 0 spiro atoms. The van der Waals surface area contributed by atoms with Gasteiger partial charge >= 0.3 is 0 Å². The lowest BCUT2D eigenvalue weighted by atomic mass is 10.1. The van der Waals surface area contributed by atoms with Crippen molar-refractivity contribution in [2.75, 3.05) is 6.61 Å². The fourth-order valence-electron chi connectivity index (χ4n) is 2.13. The molecule has 0 aliphatic rings. The highest BCUT2D eigenvalue weighted by molar-refractivity contribution is 5.47. The van der Waals surface area contributed by atoms with Crippen LogP contribution in [0.25, 0.3) is 6.08 Å². The van der Waals surface area contributed by atoms with E-state index < -0.39 is 0 Å². The molecule has 2 N–H and O–H groups in total. The summed E-state index contributed by atoms with van der Waals surface area (Å²) in [5.41, 5.74) is 3.57. The minimum absolute atomic E-state index is 0.0801. The quantitative estimate of drug-likeness (QED) is 0.808. The maximum Gasteiger partial charge on any atom is 0.0587 e. The Kier molecular flexibility index (Phi) is 5.54. The minimum atomic E-state index is 0.0801. The van der Waals surface area contributed by atoms with Gasteiger partial charge in [-0.05, 0) is 23.1 Å². The second kappa shape index (κ2) is 7.63. The van der Waals surface area contributed by atoms with Gasteiger partial charge in [-0.25, -0.2) is 0 Å². The summed E-state index contributed by atoms with van der Waals surface area (Å²) in [5, 5.41) is 12.9. The molecule has 0 unspecified atom stereocenters. The molecule has 2 aromatic carbocycles. The van der Waals surface area contributed by atoms with Gasteiger partial charge in [0.1, 0.15) is 0 Å². The van der Waals surface area contributed by atoms with Crippen LogP contribution >= 0.6 is 0 Å². The molecule has 2 aromatic rings. The molecule has 0 aromatic heterocycles. The van der Waals surface area contributed by atoms with Crippen molar-refractivity contribution >= 4 is 6.08 Å². The van der Waals surface area contributed by atoms with Crippen molar-refractivity contribution in [1.29, 1.82) is 0 Å². The maximum atomic E-state index is 9.47. The summed E-state index contributed by atoms with van der Waals surface area (Å²) in [6, 6.07) is 18.6. The van der Waals surface area contributed by atoms with Crippen molar-refractivity contribution in [3.8, 4) is 0 Å². The third kappa shape index (κ3) is 4.34. The van der Waals surface area contributed by atoms with Gasteiger partial charge in [0.25, 0.3) is 0 Å². The largest absolute Gasteiger partial charge is 0.395 e. The minimum Gasteiger partial charge on any atom is -0.395 e. The van der Waals surface area contributed by atoms with Gasteiger partial charge in [-0.15, -0.1) is 0 Å². The van der Waals surface area contributed by atoms with Crippen LogP contribution in [0.2, 0.25) is 0 Å². The summed E-state index contributed by atoms with van der Waals surface area (Å²) in [5.74, 6) is 0. The summed E-state index contributed by atoms with van der Waals surface area (Å²) in [6.07, 6.45) is 2.67. The summed E-state index contributed by atoms with van der Waals surface area (Å²) >= 11 is 0. The monoisotopic (exact) mass is 267 g/mol. The smallest absolute Gasteiger partial charge is 0.0587 e. The van der Waals surface area contributed by atoms with Gasteiger partial charge in [0.2, 0.25) is 0 Å². The molecule has 0 radical (unpaired) electrons. The van der Waals surface area contributed by atoms with Gasteiger partial charge in [0.05, 0.1) is 6.61 Å². The molecular formula is C18H21NO. The van der Waals surface area contributed by atoms with Crippen molar-refractivity contribution in [3.05, 3.63) is 77.9 Å². The van der Waals surface area contributed by atoms with E-state index in [0.717, 1.165) is 18.5 Å². The fraction of sp³-hybridized carbons (Fsp3) is 0.222. The summed E-state index contributed by atoms with van der Waals surface area (Å²) in [7, 11) is 0. The highest BCUT2D eigenvalue weighted by Crippen LogP contribution is 2.07. The molecule has 0 heterocycles. The van der Waals surface area contributed by atoms with Crippen LogP contribution in [0, 0.1) is 0 Å². The summed E-state index contributed by atoms with van der Waals surface area (Å²) in [4.78, 5) is 0. The SMILES string of the molecule is C=Cc1ccc(CN[C@@H](CO)Cc2ccccc2)cc1. The lowest BCUT2D eigenvalue weighted by molar-refractivity contribution is 0.241. The van der Waals surface area contributed by atoms with Gasteiger partial charge in [-0.3, -0.25) is 0 Å². The van der Waals surface area contributed by atoms with E-state index in [1.54, 1.807) is 0 Å². The van der Waals surface area contributed by atoms with Crippen molar-refractivity contribution in [1.82, 2.24) is 5.32 Å². The molecule has 20 heavy (non-hydrogen) atoms. The van der Waals surface area contributed by atoms with Gasteiger partial charge in [0, 0.05) is 12.6 Å².